The second kappa shape index (κ2) is 10.3. The van der Waals surface area contributed by atoms with E-state index in [-0.39, 0.29) is 16.9 Å². The van der Waals surface area contributed by atoms with Gasteiger partial charge < -0.3 is 13.9 Å². The molecule has 1 aliphatic heterocycles. The Hall–Kier alpha value is -1.08. The van der Waals surface area contributed by atoms with Crippen LogP contribution in [-0.4, -0.2) is 45.5 Å². The number of carbonyl (C=O) groups excluding carboxylic acids is 2. The number of ketones is 1. The second-order valence-corrected chi connectivity index (χ2v) is 14.6. The molecule has 0 radical (unpaired) electrons. The minimum Gasteiger partial charge on any atom is -0.413 e. The van der Waals surface area contributed by atoms with Crippen LogP contribution in [0.5, 0.6) is 0 Å². The van der Waals surface area contributed by atoms with E-state index < -0.39 is 14.1 Å². The molecule has 0 bridgehead atoms. The normalized spacial score (nSPS) is 19.7. The van der Waals surface area contributed by atoms with E-state index in [4.69, 9.17) is 13.9 Å². The topological polar surface area (TPSA) is 61.8 Å². The highest BCUT2D eigenvalue weighted by molar-refractivity contribution is 6.74. The Bertz CT molecular complexity index is 649. The summed E-state index contributed by atoms with van der Waals surface area (Å²) in [7, 11) is -1.98. The van der Waals surface area contributed by atoms with Gasteiger partial charge in [0.25, 0.3) is 0 Å². The van der Waals surface area contributed by atoms with Crippen LogP contribution in [0.4, 0.5) is 0 Å². The molecule has 0 aromatic rings. The van der Waals surface area contributed by atoms with Crippen molar-refractivity contribution in [3.8, 4) is 0 Å². The summed E-state index contributed by atoms with van der Waals surface area (Å²) in [5.41, 5.74) is 2.65. The van der Waals surface area contributed by atoms with Crippen molar-refractivity contribution in [1.29, 1.82) is 0 Å². The first-order valence-corrected chi connectivity index (χ1v) is 13.4. The van der Waals surface area contributed by atoms with Gasteiger partial charge in [-0.25, -0.2) is 0 Å². The van der Waals surface area contributed by atoms with Gasteiger partial charge in [0.1, 0.15) is 6.29 Å². The lowest BCUT2D eigenvalue weighted by atomic mass is 9.96. The number of hydrogen-bond donors (Lipinski definition) is 0. The van der Waals surface area contributed by atoms with Gasteiger partial charge in [0, 0.05) is 12.8 Å². The lowest BCUT2D eigenvalue weighted by Crippen LogP contribution is -2.46. The third kappa shape index (κ3) is 7.93. The molecule has 0 saturated carbocycles. The van der Waals surface area contributed by atoms with E-state index in [9.17, 15) is 9.59 Å². The van der Waals surface area contributed by atoms with E-state index >= 15 is 0 Å². The first-order chi connectivity index (χ1) is 13.2. The number of aldehydes is 1. The third-order valence-electron chi connectivity index (χ3n) is 6.21. The molecule has 0 aromatic heterocycles. The molecule has 6 heteroatoms. The zero-order valence-electron chi connectivity index (χ0n) is 19.8. The summed E-state index contributed by atoms with van der Waals surface area (Å²) in [4.78, 5) is 22.9. The van der Waals surface area contributed by atoms with Crippen molar-refractivity contribution < 1.29 is 23.5 Å². The molecule has 0 spiro atoms. The van der Waals surface area contributed by atoms with Crippen LogP contribution in [0.25, 0.3) is 0 Å². The predicted molar refractivity (Wildman–Crippen MR) is 119 cm³/mol. The molecule has 1 rings (SSSR count). The molecule has 1 heterocycles. The Morgan fingerprint density at radius 3 is 2.17 bits per heavy atom. The number of Topliss-reactive ketones (excluding diaryl/α,β-unsaturated/α-hetero) is 1. The monoisotopic (exact) mass is 424 g/mol. The molecule has 1 atom stereocenters. The van der Waals surface area contributed by atoms with E-state index in [1.165, 1.54) is 6.08 Å². The van der Waals surface area contributed by atoms with Crippen molar-refractivity contribution in [3.05, 3.63) is 22.8 Å². The number of hydrogen-bond acceptors (Lipinski definition) is 5. The average Bonchev–Trinajstić information content (AvgIpc) is 2.99. The lowest BCUT2D eigenvalue weighted by molar-refractivity contribution is -0.161. The molecular formula is C23H40O5Si. The summed E-state index contributed by atoms with van der Waals surface area (Å²) in [6, 6.07) is 0. The van der Waals surface area contributed by atoms with E-state index in [1.54, 1.807) is 6.92 Å². The van der Waals surface area contributed by atoms with Gasteiger partial charge >= 0.3 is 0 Å². The van der Waals surface area contributed by atoms with Crippen LogP contribution in [0.3, 0.4) is 0 Å². The fraction of sp³-hybridized carbons (Fsp3) is 0.739. The molecule has 166 valence electrons. The lowest BCUT2D eigenvalue weighted by Gasteiger charge is -2.41. The number of allylic oxidation sites excluding steroid dienone is 3. The van der Waals surface area contributed by atoms with Crippen LogP contribution in [0.1, 0.15) is 67.7 Å². The van der Waals surface area contributed by atoms with Crippen molar-refractivity contribution >= 4 is 20.4 Å². The molecule has 29 heavy (non-hydrogen) atoms. The standard InChI is InChI=1S/C23H40O5Si/c1-17(10-11-24)21(25)15-19(3)18(2)14-20(16-23(7)26-12-13-27-23)28-29(8,9)22(4,5)6/h10-11,20H,12-16H2,1-9H3/b17-10+,19-18+/t20-/m0/s1. The summed E-state index contributed by atoms with van der Waals surface area (Å²) < 4.78 is 18.4. The van der Waals surface area contributed by atoms with Gasteiger partial charge in [-0.1, -0.05) is 31.9 Å². The van der Waals surface area contributed by atoms with Crippen LogP contribution in [0, 0.1) is 0 Å². The summed E-state index contributed by atoms with van der Waals surface area (Å²) in [5, 5.41) is 0.100. The largest absolute Gasteiger partial charge is 0.413 e. The van der Waals surface area contributed by atoms with E-state index in [0.717, 1.165) is 17.6 Å². The molecule has 0 amide bonds. The fourth-order valence-corrected chi connectivity index (χ4v) is 4.43. The van der Waals surface area contributed by atoms with Crippen molar-refractivity contribution in [2.75, 3.05) is 13.2 Å². The van der Waals surface area contributed by atoms with Gasteiger partial charge in [0.2, 0.25) is 0 Å². The van der Waals surface area contributed by atoms with Gasteiger partial charge in [-0.3, -0.25) is 9.59 Å². The summed E-state index contributed by atoms with van der Waals surface area (Å²) in [6.45, 7) is 20.1. The SMILES string of the molecule is C/C(=C\C=O)C(=O)C/C(C)=C(\C)C[C@@H](CC1(C)OCCO1)O[Si](C)(C)C(C)(C)C. The van der Waals surface area contributed by atoms with Crippen LogP contribution in [0.2, 0.25) is 18.1 Å². The zero-order chi connectivity index (χ0) is 22.5. The predicted octanol–water partition coefficient (Wildman–Crippen LogP) is 5.36. The Morgan fingerprint density at radius 2 is 1.69 bits per heavy atom. The van der Waals surface area contributed by atoms with Gasteiger partial charge in [-0.15, -0.1) is 0 Å². The molecule has 1 aliphatic rings. The molecule has 0 N–H and O–H groups in total. The maximum atomic E-state index is 12.3. The quantitative estimate of drug-likeness (QED) is 0.204. The molecule has 0 aliphatic carbocycles. The zero-order valence-corrected chi connectivity index (χ0v) is 20.8. The fourth-order valence-electron chi connectivity index (χ4n) is 3.08. The summed E-state index contributed by atoms with van der Waals surface area (Å²) >= 11 is 0. The average molecular weight is 425 g/mol. The van der Waals surface area contributed by atoms with E-state index in [1.807, 2.05) is 13.8 Å². The second-order valence-electron chi connectivity index (χ2n) is 9.89. The van der Waals surface area contributed by atoms with E-state index in [0.29, 0.717) is 37.9 Å². The van der Waals surface area contributed by atoms with Crippen LogP contribution >= 0.6 is 0 Å². The third-order valence-corrected chi connectivity index (χ3v) is 10.7. The van der Waals surface area contributed by atoms with Crippen LogP contribution < -0.4 is 0 Å². The summed E-state index contributed by atoms with van der Waals surface area (Å²) in [6.07, 6.45) is 3.63. The molecular weight excluding hydrogens is 384 g/mol. The van der Waals surface area contributed by atoms with Crippen molar-refractivity contribution in [2.24, 2.45) is 0 Å². The Morgan fingerprint density at radius 1 is 1.14 bits per heavy atom. The minimum atomic E-state index is -1.98. The highest BCUT2D eigenvalue weighted by Crippen LogP contribution is 2.40. The maximum Gasteiger partial charge on any atom is 0.192 e. The Labute approximate surface area is 178 Å². The van der Waals surface area contributed by atoms with Crippen LogP contribution in [0.15, 0.2) is 22.8 Å². The number of ether oxygens (including phenoxy) is 2. The summed E-state index contributed by atoms with van der Waals surface area (Å²) in [5.74, 6) is -0.648. The highest BCUT2D eigenvalue weighted by atomic mass is 28.4. The van der Waals surface area contributed by atoms with Gasteiger partial charge in [-0.05, 0) is 63.9 Å². The number of rotatable bonds is 10. The first kappa shape index (κ1) is 26.0. The maximum absolute atomic E-state index is 12.3. The van der Waals surface area contributed by atoms with Gasteiger partial charge in [0.05, 0.1) is 19.3 Å². The number of carbonyl (C=O) groups is 2. The molecule has 0 aromatic carbocycles. The smallest absolute Gasteiger partial charge is 0.192 e. The van der Waals surface area contributed by atoms with Crippen LogP contribution in [-0.2, 0) is 23.5 Å². The molecule has 1 saturated heterocycles. The molecule has 5 nitrogen and oxygen atoms in total. The van der Waals surface area contributed by atoms with Gasteiger partial charge in [0.15, 0.2) is 19.9 Å². The van der Waals surface area contributed by atoms with Crippen molar-refractivity contribution in [3.63, 3.8) is 0 Å². The van der Waals surface area contributed by atoms with Gasteiger partial charge in [-0.2, -0.15) is 0 Å². The van der Waals surface area contributed by atoms with Crippen molar-refractivity contribution in [1.82, 2.24) is 0 Å². The van der Waals surface area contributed by atoms with E-state index in [2.05, 4.69) is 40.8 Å². The molecule has 1 fully saturated rings. The molecule has 0 unspecified atom stereocenters. The Kier molecular flexibility index (Phi) is 9.21. The highest BCUT2D eigenvalue weighted by Gasteiger charge is 2.42. The van der Waals surface area contributed by atoms with Crippen molar-refractivity contribution in [2.45, 2.75) is 97.8 Å². The Balaban J connectivity index is 3.01. The first-order valence-electron chi connectivity index (χ1n) is 10.5. The minimum absolute atomic E-state index is 0.0229.